The predicted molar refractivity (Wildman–Crippen MR) is 77.7 cm³/mol. The number of halogens is 2. The maximum Gasteiger partial charge on any atom is 0.379 e. The van der Waals surface area contributed by atoms with Crippen LogP contribution in [0.2, 0.25) is 0 Å². The van der Waals surface area contributed by atoms with Crippen molar-refractivity contribution in [3.63, 3.8) is 0 Å². The van der Waals surface area contributed by atoms with E-state index in [1.165, 1.54) is 12.1 Å². The van der Waals surface area contributed by atoms with Gasteiger partial charge in [-0.1, -0.05) is 36.4 Å². The highest BCUT2D eigenvalue weighted by Gasteiger charge is 2.40. The van der Waals surface area contributed by atoms with Gasteiger partial charge < -0.3 is 5.11 Å². The molecule has 1 N–H and O–H groups in total. The Balaban J connectivity index is 2.01. The normalized spacial score (nSPS) is 11.8. The second-order valence-electron chi connectivity index (χ2n) is 5.00. The van der Waals surface area contributed by atoms with Gasteiger partial charge in [0.1, 0.15) is 0 Å². The molecule has 0 radical (unpaired) electrons. The van der Waals surface area contributed by atoms with Gasteiger partial charge in [-0.15, -0.1) is 0 Å². The number of aromatic nitrogens is 2. The maximum atomic E-state index is 13.4. The Labute approximate surface area is 124 Å². The van der Waals surface area contributed by atoms with Crippen LogP contribution in [0.5, 0.6) is 0 Å². The van der Waals surface area contributed by atoms with Crippen molar-refractivity contribution in [3.8, 4) is 11.1 Å². The second kappa shape index (κ2) is 4.91. The summed E-state index contributed by atoms with van der Waals surface area (Å²) in [5, 5.41) is 13.7. The average molecular weight is 302 g/mol. The molecule has 0 unspecified atom stereocenters. The van der Waals surface area contributed by atoms with Gasteiger partial charge in [0.15, 0.2) is 0 Å². The fraction of sp³-hybridized carbons (Fsp3) is 0.125. The molecular weight excluding hydrogens is 290 g/mol. The molecule has 4 nitrogen and oxygen atoms in total. The van der Waals surface area contributed by atoms with E-state index in [4.69, 9.17) is 5.11 Å². The largest absolute Gasteiger partial charge is 0.477 e. The zero-order valence-corrected chi connectivity index (χ0v) is 11.6. The molecule has 0 bridgehead atoms. The van der Waals surface area contributed by atoms with Gasteiger partial charge in [0.05, 0.1) is 11.7 Å². The Hall–Kier alpha value is -2.76. The monoisotopic (exact) mass is 302 g/mol. The number of nitrogens with zero attached hydrogens (tertiary/aromatic N) is 2. The number of alkyl halides is 2. The maximum absolute atomic E-state index is 13.4. The lowest BCUT2D eigenvalue weighted by Gasteiger charge is -2.12. The second-order valence-corrected chi connectivity index (χ2v) is 5.00. The lowest BCUT2D eigenvalue weighted by Crippen LogP contribution is -2.25. The van der Waals surface area contributed by atoms with Crippen molar-refractivity contribution >= 4 is 16.9 Å². The third kappa shape index (κ3) is 2.22. The topological polar surface area (TPSA) is 55.1 Å². The third-order valence-electron chi connectivity index (χ3n) is 3.60. The summed E-state index contributed by atoms with van der Waals surface area (Å²) < 4.78 is 28.6. The van der Waals surface area contributed by atoms with Gasteiger partial charge in [0, 0.05) is 18.0 Å². The SMILES string of the molecule is Cn1ncc2ccc(-c3ccc(C(F)(F)C(=O)O)cc3)cc21. The number of hydrogen-bond donors (Lipinski definition) is 1. The Bertz CT molecular complexity index is 854. The molecule has 0 saturated heterocycles. The van der Waals surface area contributed by atoms with Gasteiger partial charge in [-0.25, -0.2) is 4.79 Å². The quantitative estimate of drug-likeness (QED) is 0.806. The summed E-state index contributed by atoms with van der Waals surface area (Å²) in [7, 11) is 1.82. The molecule has 6 heteroatoms. The molecule has 0 saturated carbocycles. The minimum Gasteiger partial charge on any atom is -0.477 e. The van der Waals surface area contributed by atoms with Crippen molar-refractivity contribution in [2.24, 2.45) is 7.05 Å². The average Bonchev–Trinajstić information content (AvgIpc) is 2.88. The minimum atomic E-state index is -3.88. The molecule has 3 rings (SSSR count). The first-order valence-electron chi connectivity index (χ1n) is 6.53. The van der Waals surface area contributed by atoms with Crippen molar-refractivity contribution in [1.29, 1.82) is 0 Å². The standard InChI is InChI=1S/C16H12F2N2O2/c1-20-14-8-11(2-3-12(14)9-19-20)10-4-6-13(7-5-10)16(17,18)15(21)22/h2-9H,1H3,(H,21,22). The summed E-state index contributed by atoms with van der Waals surface area (Å²) in [6.45, 7) is 0. The Morgan fingerprint density at radius 3 is 2.41 bits per heavy atom. The van der Waals surface area contributed by atoms with Crippen molar-refractivity contribution < 1.29 is 18.7 Å². The van der Waals surface area contributed by atoms with E-state index >= 15 is 0 Å². The van der Waals surface area contributed by atoms with Crippen LogP contribution in [0.15, 0.2) is 48.7 Å². The number of aryl methyl sites for hydroxylation is 1. The Kier molecular flexibility index (Phi) is 3.16. The van der Waals surface area contributed by atoms with Crippen LogP contribution in [0.3, 0.4) is 0 Å². The van der Waals surface area contributed by atoms with E-state index in [9.17, 15) is 13.6 Å². The van der Waals surface area contributed by atoms with Crippen molar-refractivity contribution in [1.82, 2.24) is 9.78 Å². The molecular formula is C16H12F2N2O2. The van der Waals surface area contributed by atoms with Crippen LogP contribution in [0, 0.1) is 0 Å². The first-order chi connectivity index (χ1) is 10.4. The molecule has 0 fully saturated rings. The van der Waals surface area contributed by atoms with Gasteiger partial charge in [0.25, 0.3) is 0 Å². The number of rotatable bonds is 3. The fourth-order valence-corrected chi connectivity index (χ4v) is 2.32. The molecule has 3 aromatic rings. The van der Waals surface area contributed by atoms with Crippen LogP contribution < -0.4 is 0 Å². The van der Waals surface area contributed by atoms with E-state index in [1.54, 1.807) is 10.9 Å². The van der Waals surface area contributed by atoms with Crippen LogP contribution >= 0.6 is 0 Å². The van der Waals surface area contributed by atoms with Gasteiger partial charge in [0.2, 0.25) is 0 Å². The molecule has 0 aliphatic heterocycles. The number of fused-ring (bicyclic) bond motifs is 1. The molecule has 0 spiro atoms. The Morgan fingerprint density at radius 1 is 1.14 bits per heavy atom. The van der Waals surface area contributed by atoms with E-state index in [-0.39, 0.29) is 0 Å². The number of benzene rings is 2. The molecule has 0 aliphatic carbocycles. The minimum absolute atomic E-state index is 0.537. The molecule has 22 heavy (non-hydrogen) atoms. The predicted octanol–water partition coefficient (Wildman–Crippen LogP) is 3.42. The van der Waals surface area contributed by atoms with Crippen molar-refractivity contribution in [3.05, 3.63) is 54.2 Å². The molecule has 112 valence electrons. The van der Waals surface area contributed by atoms with Gasteiger partial charge in [-0.3, -0.25) is 4.68 Å². The lowest BCUT2D eigenvalue weighted by molar-refractivity contribution is -0.166. The zero-order chi connectivity index (χ0) is 15.9. The molecule has 0 aliphatic rings. The smallest absolute Gasteiger partial charge is 0.379 e. The summed E-state index contributed by atoms with van der Waals surface area (Å²) in [5.74, 6) is -6.04. The molecule has 1 aromatic heterocycles. The van der Waals surface area contributed by atoms with Gasteiger partial charge in [-0.05, 0) is 17.2 Å². The lowest BCUT2D eigenvalue weighted by atomic mass is 10.0. The number of hydrogen-bond acceptors (Lipinski definition) is 2. The van der Waals surface area contributed by atoms with Crippen LogP contribution in [-0.4, -0.2) is 20.9 Å². The number of carboxylic acids is 1. The summed E-state index contributed by atoms with van der Waals surface area (Å²) in [4.78, 5) is 10.6. The van der Waals surface area contributed by atoms with Gasteiger partial charge >= 0.3 is 11.9 Å². The van der Waals surface area contributed by atoms with Crippen LogP contribution in [0.25, 0.3) is 22.0 Å². The fourth-order valence-electron chi connectivity index (χ4n) is 2.32. The molecule has 2 aromatic carbocycles. The van der Waals surface area contributed by atoms with E-state index in [1.807, 2.05) is 25.2 Å². The summed E-state index contributed by atoms with van der Waals surface area (Å²) >= 11 is 0. The van der Waals surface area contributed by atoms with E-state index in [0.717, 1.165) is 34.2 Å². The first-order valence-corrected chi connectivity index (χ1v) is 6.53. The highest BCUT2D eigenvalue weighted by atomic mass is 19.3. The third-order valence-corrected chi connectivity index (χ3v) is 3.60. The van der Waals surface area contributed by atoms with Crippen molar-refractivity contribution in [2.45, 2.75) is 5.92 Å². The highest BCUT2D eigenvalue weighted by Crippen LogP contribution is 2.31. The highest BCUT2D eigenvalue weighted by molar-refractivity contribution is 5.84. The molecule has 0 atom stereocenters. The van der Waals surface area contributed by atoms with E-state index in [2.05, 4.69) is 5.10 Å². The van der Waals surface area contributed by atoms with E-state index < -0.39 is 17.5 Å². The van der Waals surface area contributed by atoms with E-state index in [0.29, 0.717) is 0 Å². The van der Waals surface area contributed by atoms with Crippen LogP contribution in [0.1, 0.15) is 5.56 Å². The van der Waals surface area contributed by atoms with Crippen molar-refractivity contribution in [2.75, 3.05) is 0 Å². The summed E-state index contributed by atoms with van der Waals surface area (Å²) in [5.41, 5.74) is 1.97. The van der Waals surface area contributed by atoms with Gasteiger partial charge in [-0.2, -0.15) is 13.9 Å². The first kappa shape index (κ1) is 14.2. The molecule has 1 heterocycles. The summed E-state index contributed by atoms with van der Waals surface area (Å²) in [6, 6.07) is 10.9. The number of aliphatic carboxylic acids is 1. The zero-order valence-electron chi connectivity index (χ0n) is 11.6. The number of carbonyl (C=O) groups is 1. The molecule has 0 amide bonds. The number of carboxylic acid groups (broad SMARTS) is 1. The van der Waals surface area contributed by atoms with Crippen LogP contribution in [0.4, 0.5) is 8.78 Å². The van der Waals surface area contributed by atoms with Crippen LogP contribution in [-0.2, 0) is 17.8 Å². The Morgan fingerprint density at radius 2 is 1.77 bits per heavy atom. The summed E-state index contributed by atoms with van der Waals surface area (Å²) in [6.07, 6.45) is 1.75.